The highest BCUT2D eigenvalue weighted by molar-refractivity contribution is 7.89. The first kappa shape index (κ1) is 23.3. The lowest BCUT2D eigenvalue weighted by molar-refractivity contribution is -0.117. The number of rotatable bonds is 8. The van der Waals surface area contributed by atoms with Crippen LogP contribution in [0.1, 0.15) is 22.6 Å². The molecule has 0 unspecified atom stereocenters. The van der Waals surface area contributed by atoms with E-state index < -0.39 is 28.1 Å². The first-order valence-electron chi connectivity index (χ1n) is 10.4. The van der Waals surface area contributed by atoms with Crippen molar-refractivity contribution in [3.63, 3.8) is 0 Å². The van der Waals surface area contributed by atoms with Crippen LogP contribution in [0.25, 0.3) is 10.8 Å². The van der Waals surface area contributed by atoms with E-state index in [-0.39, 0.29) is 17.3 Å². The van der Waals surface area contributed by atoms with Crippen LogP contribution >= 0.6 is 0 Å². The van der Waals surface area contributed by atoms with Crippen molar-refractivity contribution in [1.82, 2.24) is 19.5 Å². The summed E-state index contributed by atoms with van der Waals surface area (Å²) < 4.78 is 26.4. The van der Waals surface area contributed by atoms with Gasteiger partial charge in [0.25, 0.3) is 0 Å². The molecule has 0 bridgehead atoms. The summed E-state index contributed by atoms with van der Waals surface area (Å²) >= 11 is 0. The lowest BCUT2D eigenvalue weighted by Gasteiger charge is -2.24. The highest BCUT2D eigenvalue weighted by atomic mass is 32.2. The van der Waals surface area contributed by atoms with E-state index in [1.165, 1.54) is 37.5 Å². The zero-order valence-electron chi connectivity index (χ0n) is 18.7. The monoisotopic (exact) mass is 477 g/mol. The van der Waals surface area contributed by atoms with Crippen LogP contribution in [-0.2, 0) is 21.4 Å². The molecule has 34 heavy (non-hydrogen) atoms. The molecule has 0 spiro atoms. The van der Waals surface area contributed by atoms with Gasteiger partial charge in [-0.1, -0.05) is 42.5 Å². The number of nitrogens with zero attached hydrogens (tertiary/aromatic N) is 4. The molecular formula is C24H23N5O4S. The SMILES string of the molecule is CN(C)S(=O)(=O)c1cccc(N(Cc2ccc3ccccc3c2)C(=O)CC(=O)c2ncn[nH]2)c1. The molecule has 0 saturated heterocycles. The molecule has 0 aliphatic carbocycles. The number of ketones is 1. The predicted molar refractivity (Wildman–Crippen MR) is 128 cm³/mol. The second-order valence-corrected chi connectivity index (χ2v) is 10.0. The van der Waals surface area contributed by atoms with Gasteiger partial charge >= 0.3 is 0 Å². The van der Waals surface area contributed by atoms with Crippen LogP contribution in [0.2, 0.25) is 0 Å². The normalized spacial score (nSPS) is 11.6. The quantitative estimate of drug-likeness (QED) is 0.308. The Bertz CT molecular complexity index is 1450. The van der Waals surface area contributed by atoms with Crippen LogP contribution in [0.3, 0.4) is 0 Å². The van der Waals surface area contributed by atoms with Crippen LogP contribution < -0.4 is 4.90 Å². The fourth-order valence-corrected chi connectivity index (χ4v) is 4.46. The third-order valence-electron chi connectivity index (χ3n) is 5.35. The second kappa shape index (κ2) is 9.54. The molecule has 1 N–H and O–H groups in total. The highest BCUT2D eigenvalue weighted by Gasteiger charge is 2.24. The second-order valence-electron chi connectivity index (χ2n) is 7.88. The number of H-pyrrole nitrogens is 1. The van der Waals surface area contributed by atoms with Gasteiger partial charge in [0.2, 0.25) is 21.7 Å². The third-order valence-corrected chi connectivity index (χ3v) is 7.17. The molecule has 4 rings (SSSR count). The number of aromatic nitrogens is 3. The molecule has 174 valence electrons. The van der Waals surface area contributed by atoms with E-state index in [1.807, 2.05) is 42.5 Å². The molecule has 1 heterocycles. The topological polar surface area (TPSA) is 116 Å². The molecule has 0 aliphatic heterocycles. The molecule has 1 amide bonds. The number of fused-ring (bicyclic) bond motifs is 1. The van der Waals surface area contributed by atoms with E-state index in [9.17, 15) is 18.0 Å². The van der Waals surface area contributed by atoms with Crippen LogP contribution in [0, 0.1) is 0 Å². The smallest absolute Gasteiger partial charge is 0.242 e. The van der Waals surface area contributed by atoms with Gasteiger partial charge in [-0.15, -0.1) is 0 Å². The number of hydrogen-bond acceptors (Lipinski definition) is 6. The van der Waals surface area contributed by atoms with Crippen LogP contribution in [0.5, 0.6) is 0 Å². The predicted octanol–water partition coefficient (Wildman–Crippen LogP) is 3.01. The molecule has 3 aromatic carbocycles. The average molecular weight is 478 g/mol. The van der Waals surface area contributed by atoms with Crippen molar-refractivity contribution in [1.29, 1.82) is 0 Å². The van der Waals surface area contributed by atoms with E-state index in [1.54, 1.807) is 12.1 Å². The average Bonchev–Trinajstić information content (AvgIpc) is 3.37. The van der Waals surface area contributed by atoms with Crippen molar-refractivity contribution < 1.29 is 18.0 Å². The summed E-state index contributed by atoms with van der Waals surface area (Å²) in [6.45, 7) is 0.152. The van der Waals surface area contributed by atoms with Crippen molar-refractivity contribution in [2.75, 3.05) is 19.0 Å². The van der Waals surface area contributed by atoms with Crippen LogP contribution in [0.4, 0.5) is 5.69 Å². The van der Waals surface area contributed by atoms with Gasteiger partial charge in [-0.05, 0) is 40.6 Å². The Morgan fingerprint density at radius 3 is 2.41 bits per heavy atom. The first-order valence-corrected chi connectivity index (χ1v) is 11.9. The Morgan fingerprint density at radius 2 is 1.71 bits per heavy atom. The van der Waals surface area contributed by atoms with Crippen molar-refractivity contribution in [3.05, 3.63) is 84.4 Å². The molecule has 0 saturated carbocycles. The molecule has 10 heteroatoms. The Morgan fingerprint density at radius 1 is 0.941 bits per heavy atom. The minimum Gasteiger partial charge on any atom is -0.308 e. The van der Waals surface area contributed by atoms with Gasteiger partial charge in [0.05, 0.1) is 17.9 Å². The molecule has 0 fully saturated rings. The fourth-order valence-electron chi connectivity index (χ4n) is 3.52. The number of nitrogens with one attached hydrogen (secondary N) is 1. The molecule has 4 aromatic rings. The third kappa shape index (κ3) is 4.87. The van der Waals surface area contributed by atoms with Gasteiger partial charge in [0.15, 0.2) is 5.82 Å². The van der Waals surface area contributed by atoms with E-state index in [0.717, 1.165) is 20.6 Å². The lowest BCUT2D eigenvalue weighted by Crippen LogP contribution is -2.32. The summed E-state index contributed by atoms with van der Waals surface area (Å²) in [6, 6.07) is 19.8. The molecule has 9 nitrogen and oxygen atoms in total. The van der Waals surface area contributed by atoms with Gasteiger partial charge < -0.3 is 4.90 Å². The number of hydrogen-bond donors (Lipinski definition) is 1. The summed E-state index contributed by atoms with van der Waals surface area (Å²) in [6.07, 6.45) is 0.744. The van der Waals surface area contributed by atoms with Crippen molar-refractivity contribution >= 4 is 38.2 Å². The Hall–Kier alpha value is -3.89. The number of anilines is 1. The lowest BCUT2D eigenvalue weighted by atomic mass is 10.1. The minimum atomic E-state index is -3.71. The van der Waals surface area contributed by atoms with Crippen molar-refractivity contribution in [2.45, 2.75) is 17.9 Å². The van der Waals surface area contributed by atoms with Crippen molar-refractivity contribution in [3.8, 4) is 0 Å². The molecule has 0 atom stereocenters. The van der Waals surface area contributed by atoms with Gasteiger partial charge in [-0.2, -0.15) is 5.10 Å². The maximum atomic E-state index is 13.3. The Labute approximate surface area is 197 Å². The standard InChI is InChI=1S/C24H23N5O4S/c1-28(2)34(32,33)21-9-5-8-20(13-21)29(23(31)14-22(30)24-25-16-26-27-24)15-17-10-11-18-6-3-4-7-19(18)12-17/h3-13,16H,14-15H2,1-2H3,(H,25,26,27). The minimum absolute atomic E-state index is 0.0112. The fraction of sp³-hybridized carbons (Fsp3) is 0.167. The number of sulfonamides is 1. The highest BCUT2D eigenvalue weighted by Crippen LogP contribution is 2.25. The number of carbonyl (C=O) groups excluding carboxylic acids is 2. The molecule has 0 aliphatic rings. The van der Waals surface area contributed by atoms with E-state index in [0.29, 0.717) is 5.69 Å². The summed E-state index contributed by atoms with van der Waals surface area (Å²) in [7, 11) is -0.833. The molecular weight excluding hydrogens is 454 g/mol. The zero-order valence-corrected chi connectivity index (χ0v) is 19.5. The Kier molecular flexibility index (Phi) is 6.53. The first-order chi connectivity index (χ1) is 16.3. The van der Waals surface area contributed by atoms with Crippen molar-refractivity contribution in [2.24, 2.45) is 0 Å². The number of benzene rings is 3. The van der Waals surface area contributed by atoms with E-state index in [4.69, 9.17) is 0 Å². The summed E-state index contributed by atoms with van der Waals surface area (Å²) in [5.74, 6) is -1.01. The largest absolute Gasteiger partial charge is 0.308 e. The van der Waals surface area contributed by atoms with Gasteiger partial charge in [0.1, 0.15) is 6.33 Å². The van der Waals surface area contributed by atoms with E-state index >= 15 is 0 Å². The molecule has 0 radical (unpaired) electrons. The summed E-state index contributed by atoms with van der Waals surface area (Å²) in [5.41, 5.74) is 1.20. The van der Waals surface area contributed by atoms with Gasteiger partial charge in [-0.3, -0.25) is 14.7 Å². The maximum Gasteiger partial charge on any atom is 0.242 e. The van der Waals surface area contributed by atoms with Gasteiger partial charge in [-0.25, -0.2) is 17.7 Å². The molecule has 1 aromatic heterocycles. The van der Waals surface area contributed by atoms with Crippen LogP contribution in [0.15, 0.2) is 78.0 Å². The van der Waals surface area contributed by atoms with E-state index in [2.05, 4.69) is 15.2 Å². The summed E-state index contributed by atoms with van der Waals surface area (Å²) in [5, 5.41) is 8.19. The Balaban J connectivity index is 1.71. The number of Topliss-reactive ketones (excluding diaryl/α,β-unsaturated/α-hetero) is 1. The summed E-state index contributed by atoms with van der Waals surface area (Å²) in [4.78, 5) is 31.1. The number of amides is 1. The number of aromatic amines is 1. The van der Waals surface area contributed by atoms with Gasteiger partial charge in [0, 0.05) is 19.8 Å². The maximum absolute atomic E-state index is 13.3. The van der Waals surface area contributed by atoms with Crippen LogP contribution in [-0.4, -0.2) is 53.7 Å². The zero-order chi connectivity index (χ0) is 24.3. The number of carbonyl (C=O) groups is 2.